The summed E-state index contributed by atoms with van der Waals surface area (Å²) >= 11 is 0. The fraction of sp³-hybridized carbons (Fsp3) is 0.222. The summed E-state index contributed by atoms with van der Waals surface area (Å²) in [6, 6.07) is 4.40. The van der Waals surface area contributed by atoms with Crippen LogP contribution in [0.25, 0.3) is 10.4 Å². The molecule has 0 aliphatic rings. The fourth-order valence-corrected chi connectivity index (χ4v) is 1.12. The Morgan fingerprint density at radius 3 is 2.93 bits per heavy atom. The van der Waals surface area contributed by atoms with E-state index in [2.05, 4.69) is 10.0 Å². The van der Waals surface area contributed by atoms with E-state index < -0.39 is 0 Å². The molecule has 0 amide bonds. The predicted molar refractivity (Wildman–Crippen MR) is 51.5 cm³/mol. The molecule has 0 aromatic heterocycles. The van der Waals surface area contributed by atoms with Crippen molar-refractivity contribution in [2.45, 2.75) is 13.3 Å². The van der Waals surface area contributed by atoms with E-state index in [-0.39, 0.29) is 29.2 Å². The molecule has 0 radical (unpaired) electrons. The maximum absolute atomic E-state index is 11.4. The van der Waals surface area contributed by atoms with Gasteiger partial charge in [0.05, 0.1) is 11.3 Å². The van der Waals surface area contributed by atoms with Gasteiger partial charge in [-0.15, -0.1) is 0 Å². The molecule has 5 heteroatoms. The van der Waals surface area contributed by atoms with Gasteiger partial charge in [0.15, 0.2) is 5.78 Å². The van der Waals surface area contributed by atoms with Crippen molar-refractivity contribution in [2.24, 2.45) is 5.11 Å². The Morgan fingerprint density at radius 2 is 2.36 bits per heavy atom. The first kappa shape index (κ1) is 10.1. The van der Waals surface area contributed by atoms with E-state index in [1.165, 1.54) is 18.2 Å². The second kappa shape index (κ2) is 4.30. The molecule has 1 aromatic carbocycles. The predicted octanol–water partition coefficient (Wildman–Crippen LogP) is 2.93. The molecule has 0 bridgehead atoms. The summed E-state index contributed by atoms with van der Waals surface area (Å²) in [6.07, 6.45) is 0.255. The summed E-state index contributed by atoms with van der Waals surface area (Å²) in [5.74, 6) is -0.396. The third-order valence-corrected chi connectivity index (χ3v) is 1.77. The average molecular weight is 191 g/mol. The molecule has 0 heterocycles. The minimum Gasteiger partial charge on any atom is -0.507 e. The smallest absolute Gasteiger partial charge is 0.166 e. The maximum Gasteiger partial charge on any atom is 0.166 e. The topological polar surface area (TPSA) is 86.1 Å². The first-order chi connectivity index (χ1) is 6.70. The molecular weight excluding hydrogens is 182 g/mol. The number of benzene rings is 1. The quantitative estimate of drug-likeness (QED) is 0.344. The summed E-state index contributed by atoms with van der Waals surface area (Å²) in [7, 11) is 0. The van der Waals surface area contributed by atoms with Gasteiger partial charge in [-0.3, -0.25) is 4.79 Å². The normalized spacial score (nSPS) is 9.21. The van der Waals surface area contributed by atoms with Gasteiger partial charge in [-0.25, -0.2) is 0 Å². The molecule has 0 atom stereocenters. The molecule has 0 saturated heterocycles. The minimum absolute atomic E-state index is 0.0906. The Morgan fingerprint density at radius 1 is 1.64 bits per heavy atom. The Labute approximate surface area is 80.6 Å². The van der Waals surface area contributed by atoms with Crippen LogP contribution in [-0.2, 0) is 0 Å². The number of ketones is 1. The third kappa shape index (κ3) is 1.84. The zero-order valence-corrected chi connectivity index (χ0v) is 7.64. The van der Waals surface area contributed by atoms with Gasteiger partial charge < -0.3 is 5.11 Å². The van der Waals surface area contributed by atoms with E-state index in [0.717, 1.165) is 0 Å². The average Bonchev–Trinajstić information content (AvgIpc) is 2.18. The lowest BCUT2D eigenvalue weighted by Gasteiger charge is -2.04. The SMILES string of the molecule is CCC(=O)c1c(O)cccc1N=[N+]=[N-]. The second-order valence-electron chi connectivity index (χ2n) is 2.64. The van der Waals surface area contributed by atoms with Crippen LogP contribution < -0.4 is 0 Å². The van der Waals surface area contributed by atoms with Gasteiger partial charge in [0.1, 0.15) is 5.75 Å². The summed E-state index contributed by atoms with van der Waals surface area (Å²) in [5.41, 5.74) is 8.51. The van der Waals surface area contributed by atoms with Crippen LogP contribution in [0.2, 0.25) is 0 Å². The molecule has 0 aliphatic heterocycles. The molecular formula is C9H9N3O2. The number of phenolic OH excluding ortho intramolecular Hbond substituents is 1. The standard InChI is InChI=1S/C9H9N3O2/c1-2-7(13)9-6(11-12-10)4-3-5-8(9)14/h3-5,14H,2H2,1H3. The molecule has 1 N–H and O–H groups in total. The van der Waals surface area contributed by atoms with Gasteiger partial charge in [0.2, 0.25) is 0 Å². The molecule has 14 heavy (non-hydrogen) atoms. The van der Waals surface area contributed by atoms with Crippen molar-refractivity contribution in [3.63, 3.8) is 0 Å². The highest BCUT2D eigenvalue weighted by Gasteiger charge is 2.12. The van der Waals surface area contributed by atoms with E-state index in [1.807, 2.05) is 0 Å². The highest BCUT2D eigenvalue weighted by atomic mass is 16.3. The van der Waals surface area contributed by atoms with E-state index in [9.17, 15) is 9.90 Å². The van der Waals surface area contributed by atoms with Crippen LogP contribution in [0, 0.1) is 0 Å². The van der Waals surface area contributed by atoms with Gasteiger partial charge in [0.25, 0.3) is 0 Å². The summed E-state index contributed by atoms with van der Waals surface area (Å²) in [5, 5.41) is 12.8. The van der Waals surface area contributed by atoms with Gasteiger partial charge in [0, 0.05) is 11.3 Å². The number of hydrogen-bond acceptors (Lipinski definition) is 3. The van der Waals surface area contributed by atoms with E-state index in [0.29, 0.717) is 0 Å². The van der Waals surface area contributed by atoms with Crippen molar-refractivity contribution in [3.8, 4) is 5.75 Å². The molecule has 0 aliphatic carbocycles. The molecule has 0 fully saturated rings. The lowest BCUT2D eigenvalue weighted by molar-refractivity contribution is 0.0986. The number of phenols is 1. The van der Waals surface area contributed by atoms with Gasteiger partial charge in [-0.1, -0.05) is 24.2 Å². The molecule has 0 unspecified atom stereocenters. The van der Waals surface area contributed by atoms with Crippen molar-refractivity contribution in [1.29, 1.82) is 0 Å². The lowest BCUT2D eigenvalue weighted by atomic mass is 10.1. The zero-order chi connectivity index (χ0) is 10.6. The van der Waals surface area contributed by atoms with E-state index in [4.69, 9.17) is 5.53 Å². The highest BCUT2D eigenvalue weighted by molar-refractivity contribution is 6.02. The van der Waals surface area contributed by atoms with Crippen LogP contribution in [0.4, 0.5) is 5.69 Å². The van der Waals surface area contributed by atoms with Gasteiger partial charge in [-0.2, -0.15) is 0 Å². The van der Waals surface area contributed by atoms with Crippen LogP contribution in [0.3, 0.4) is 0 Å². The number of carbonyl (C=O) groups excluding carboxylic acids is 1. The van der Waals surface area contributed by atoms with Gasteiger partial charge in [-0.05, 0) is 11.6 Å². The molecule has 1 rings (SSSR count). The van der Waals surface area contributed by atoms with E-state index >= 15 is 0 Å². The number of carbonyl (C=O) groups is 1. The first-order valence-corrected chi connectivity index (χ1v) is 4.11. The largest absolute Gasteiger partial charge is 0.507 e. The van der Waals surface area contributed by atoms with Crippen molar-refractivity contribution in [1.82, 2.24) is 0 Å². The molecule has 72 valence electrons. The fourth-order valence-electron chi connectivity index (χ4n) is 1.12. The van der Waals surface area contributed by atoms with E-state index in [1.54, 1.807) is 6.92 Å². The maximum atomic E-state index is 11.4. The molecule has 0 saturated carbocycles. The number of hydrogen-bond donors (Lipinski definition) is 1. The molecule has 5 nitrogen and oxygen atoms in total. The number of rotatable bonds is 3. The first-order valence-electron chi connectivity index (χ1n) is 4.11. The second-order valence-corrected chi connectivity index (χ2v) is 2.64. The highest BCUT2D eigenvalue weighted by Crippen LogP contribution is 2.28. The Balaban J connectivity index is 3.36. The van der Waals surface area contributed by atoms with Crippen LogP contribution >= 0.6 is 0 Å². The Bertz CT molecular complexity index is 409. The van der Waals surface area contributed by atoms with Crippen molar-refractivity contribution >= 4 is 11.5 Å². The summed E-state index contributed by atoms with van der Waals surface area (Å²) in [4.78, 5) is 14.0. The van der Waals surface area contributed by atoms with Crippen LogP contribution in [0.15, 0.2) is 23.3 Å². The van der Waals surface area contributed by atoms with Crippen LogP contribution in [0.1, 0.15) is 23.7 Å². The van der Waals surface area contributed by atoms with Crippen LogP contribution in [-0.4, -0.2) is 10.9 Å². The lowest BCUT2D eigenvalue weighted by Crippen LogP contribution is -1.97. The number of aromatic hydroxyl groups is 1. The third-order valence-electron chi connectivity index (χ3n) is 1.77. The van der Waals surface area contributed by atoms with Crippen molar-refractivity contribution in [2.75, 3.05) is 0 Å². The molecule has 1 aromatic rings. The number of azide groups is 1. The Hall–Kier alpha value is -2.00. The zero-order valence-electron chi connectivity index (χ0n) is 7.64. The Kier molecular flexibility index (Phi) is 3.09. The number of Topliss-reactive ketones (excluding diaryl/α,β-unsaturated/α-hetero) is 1. The van der Waals surface area contributed by atoms with Crippen molar-refractivity contribution in [3.05, 3.63) is 34.2 Å². The summed E-state index contributed by atoms with van der Waals surface area (Å²) < 4.78 is 0. The van der Waals surface area contributed by atoms with Crippen LogP contribution in [0.5, 0.6) is 5.75 Å². The van der Waals surface area contributed by atoms with Crippen molar-refractivity contribution < 1.29 is 9.90 Å². The molecule has 0 spiro atoms. The monoisotopic (exact) mass is 191 g/mol. The van der Waals surface area contributed by atoms with Gasteiger partial charge >= 0.3 is 0 Å². The summed E-state index contributed by atoms with van der Waals surface area (Å²) in [6.45, 7) is 1.68. The number of nitrogens with zero attached hydrogens (tertiary/aromatic N) is 3. The minimum atomic E-state index is -0.245.